The maximum Gasteiger partial charge on any atom is 0.122 e. The zero-order valence-electron chi connectivity index (χ0n) is 12.2. The number of rotatable bonds is 6. The first-order valence-corrected chi connectivity index (χ1v) is 7.50. The molecule has 1 fully saturated rings. The van der Waals surface area contributed by atoms with Crippen LogP contribution in [0.1, 0.15) is 31.7 Å². The summed E-state index contributed by atoms with van der Waals surface area (Å²) in [5, 5.41) is 3.38. The van der Waals surface area contributed by atoms with Gasteiger partial charge in [-0.25, -0.2) is 0 Å². The quantitative estimate of drug-likeness (QED) is 0.798. The molecular weight excluding hydrogens is 236 g/mol. The van der Waals surface area contributed by atoms with E-state index in [-0.39, 0.29) is 0 Å². The molecule has 0 atom stereocenters. The van der Waals surface area contributed by atoms with E-state index in [1.807, 2.05) is 0 Å². The highest BCUT2D eigenvalue weighted by Gasteiger charge is 2.11. The van der Waals surface area contributed by atoms with E-state index in [0.717, 1.165) is 45.0 Å². The van der Waals surface area contributed by atoms with Gasteiger partial charge in [-0.05, 0) is 37.1 Å². The molecule has 0 spiro atoms. The summed E-state index contributed by atoms with van der Waals surface area (Å²) in [6, 6.07) is 6.56. The van der Waals surface area contributed by atoms with Crippen molar-refractivity contribution in [1.29, 1.82) is 0 Å². The lowest BCUT2D eigenvalue weighted by atomic mass is 10.1. The van der Waals surface area contributed by atoms with E-state index in [4.69, 9.17) is 4.74 Å². The number of unbranched alkanes of at least 4 members (excludes halogenated alkanes) is 2. The predicted molar refractivity (Wildman–Crippen MR) is 81.3 cm³/mol. The molecule has 1 aromatic rings. The molecule has 1 N–H and O–H groups in total. The fourth-order valence-electron chi connectivity index (χ4n) is 2.45. The Morgan fingerprint density at radius 1 is 1.21 bits per heavy atom. The first-order valence-electron chi connectivity index (χ1n) is 7.50. The second kappa shape index (κ2) is 7.39. The van der Waals surface area contributed by atoms with Gasteiger partial charge in [0.1, 0.15) is 5.75 Å². The van der Waals surface area contributed by atoms with Gasteiger partial charge in [-0.15, -0.1) is 0 Å². The largest absolute Gasteiger partial charge is 0.493 e. The van der Waals surface area contributed by atoms with E-state index in [1.54, 1.807) is 0 Å². The van der Waals surface area contributed by atoms with E-state index in [2.05, 4.69) is 42.3 Å². The van der Waals surface area contributed by atoms with Crippen molar-refractivity contribution in [2.45, 2.75) is 33.1 Å². The highest BCUT2D eigenvalue weighted by atomic mass is 16.5. The Hall–Kier alpha value is -1.22. The number of nitrogens with one attached hydrogen (secondary N) is 1. The van der Waals surface area contributed by atoms with Gasteiger partial charge in [0.05, 0.1) is 6.61 Å². The fraction of sp³-hybridized carbons (Fsp3) is 0.625. The average molecular weight is 262 g/mol. The maximum atomic E-state index is 5.85. The first kappa shape index (κ1) is 14.2. The van der Waals surface area contributed by atoms with Gasteiger partial charge in [-0.1, -0.05) is 19.8 Å². The van der Waals surface area contributed by atoms with Crippen LogP contribution < -0.4 is 15.0 Å². The number of ether oxygens (including phenoxy) is 1. The summed E-state index contributed by atoms with van der Waals surface area (Å²) in [5.74, 6) is 1.04. The number of anilines is 1. The Morgan fingerprint density at radius 2 is 2.00 bits per heavy atom. The van der Waals surface area contributed by atoms with Gasteiger partial charge < -0.3 is 15.0 Å². The van der Waals surface area contributed by atoms with Crippen molar-refractivity contribution in [1.82, 2.24) is 5.32 Å². The number of hydrogen-bond donors (Lipinski definition) is 1. The number of aryl methyl sites for hydroxylation is 1. The zero-order chi connectivity index (χ0) is 13.5. The molecule has 1 saturated heterocycles. The Labute approximate surface area is 116 Å². The smallest absolute Gasteiger partial charge is 0.122 e. The molecule has 3 heteroatoms. The Kier molecular flexibility index (Phi) is 5.52. The molecule has 1 aliphatic rings. The molecule has 1 heterocycles. The van der Waals surface area contributed by atoms with Gasteiger partial charge in [-0.3, -0.25) is 0 Å². The lowest BCUT2D eigenvalue weighted by Gasteiger charge is -2.29. The minimum Gasteiger partial charge on any atom is -0.493 e. The molecule has 2 rings (SSSR count). The van der Waals surface area contributed by atoms with Crippen molar-refractivity contribution >= 4 is 5.69 Å². The van der Waals surface area contributed by atoms with Crippen molar-refractivity contribution in [3.8, 4) is 5.75 Å². The van der Waals surface area contributed by atoms with Crippen LogP contribution in [0.5, 0.6) is 5.75 Å². The lowest BCUT2D eigenvalue weighted by Crippen LogP contribution is -2.43. The minimum atomic E-state index is 0.835. The fourth-order valence-corrected chi connectivity index (χ4v) is 2.45. The molecule has 0 radical (unpaired) electrons. The Morgan fingerprint density at radius 3 is 2.68 bits per heavy atom. The summed E-state index contributed by atoms with van der Waals surface area (Å²) in [6.07, 6.45) is 3.64. The van der Waals surface area contributed by atoms with Gasteiger partial charge in [0.15, 0.2) is 0 Å². The summed E-state index contributed by atoms with van der Waals surface area (Å²) in [5.41, 5.74) is 2.56. The van der Waals surface area contributed by atoms with Crippen molar-refractivity contribution in [3.05, 3.63) is 23.8 Å². The van der Waals surface area contributed by atoms with Gasteiger partial charge in [0, 0.05) is 31.9 Å². The molecule has 19 heavy (non-hydrogen) atoms. The van der Waals surface area contributed by atoms with Gasteiger partial charge in [-0.2, -0.15) is 0 Å². The predicted octanol–water partition coefficient (Wildman–Crippen LogP) is 2.97. The second-order valence-electron chi connectivity index (χ2n) is 5.24. The van der Waals surface area contributed by atoms with Crippen LogP contribution in [0.3, 0.4) is 0 Å². The molecule has 0 unspecified atom stereocenters. The van der Waals surface area contributed by atoms with E-state index < -0.39 is 0 Å². The van der Waals surface area contributed by atoms with Crippen molar-refractivity contribution < 1.29 is 4.74 Å². The summed E-state index contributed by atoms with van der Waals surface area (Å²) in [6.45, 7) is 9.53. The second-order valence-corrected chi connectivity index (χ2v) is 5.24. The van der Waals surface area contributed by atoms with Crippen LogP contribution >= 0.6 is 0 Å². The Bertz CT molecular complexity index is 386. The lowest BCUT2D eigenvalue weighted by molar-refractivity contribution is 0.304. The molecule has 0 aromatic heterocycles. The molecule has 0 bridgehead atoms. The molecule has 0 aliphatic carbocycles. The van der Waals surface area contributed by atoms with Gasteiger partial charge >= 0.3 is 0 Å². The van der Waals surface area contributed by atoms with Crippen LogP contribution in [-0.4, -0.2) is 32.8 Å². The van der Waals surface area contributed by atoms with E-state index in [0.29, 0.717) is 0 Å². The molecule has 0 saturated carbocycles. The Balaban J connectivity index is 1.92. The summed E-state index contributed by atoms with van der Waals surface area (Å²) in [7, 11) is 0. The van der Waals surface area contributed by atoms with Crippen LogP contribution in [-0.2, 0) is 0 Å². The molecule has 0 amide bonds. The van der Waals surface area contributed by atoms with Crippen LogP contribution in [0.15, 0.2) is 18.2 Å². The van der Waals surface area contributed by atoms with Crippen molar-refractivity contribution in [2.24, 2.45) is 0 Å². The third-order valence-electron chi connectivity index (χ3n) is 3.65. The average Bonchev–Trinajstić information content (AvgIpc) is 2.46. The van der Waals surface area contributed by atoms with E-state index in [9.17, 15) is 0 Å². The highest BCUT2D eigenvalue weighted by molar-refractivity contribution is 5.53. The summed E-state index contributed by atoms with van der Waals surface area (Å²) < 4.78 is 5.85. The van der Waals surface area contributed by atoms with Crippen LogP contribution in [0.25, 0.3) is 0 Å². The zero-order valence-corrected chi connectivity index (χ0v) is 12.2. The topological polar surface area (TPSA) is 24.5 Å². The third-order valence-corrected chi connectivity index (χ3v) is 3.65. The summed E-state index contributed by atoms with van der Waals surface area (Å²) >= 11 is 0. The van der Waals surface area contributed by atoms with E-state index >= 15 is 0 Å². The van der Waals surface area contributed by atoms with Crippen molar-refractivity contribution in [3.63, 3.8) is 0 Å². The molecule has 1 aromatic carbocycles. The minimum absolute atomic E-state index is 0.835. The van der Waals surface area contributed by atoms with Crippen LogP contribution in [0.2, 0.25) is 0 Å². The van der Waals surface area contributed by atoms with Gasteiger partial charge in [0.25, 0.3) is 0 Å². The van der Waals surface area contributed by atoms with Crippen molar-refractivity contribution in [2.75, 3.05) is 37.7 Å². The highest BCUT2D eigenvalue weighted by Crippen LogP contribution is 2.25. The third kappa shape index (κ3) is 4.13. The van der Waals surface area contributed by atoms with Gasteiger partial charge in [0.2, 0.25) is 0 Å². The normalized spacial score (nSPS) is 15.6. The number of piperazine rings is 1. The molecule has 106 valence electrons. The first-order chi connectivity index (χ1) is 9.31. The number of hydrogen-bond acceptors (Lipinski definition) is 3. The molecule has 3 nitrogen and oxygen atoms in total. The van der Waals surface area contributed by atoms with Crippen LogP contribution in [0, 0.1) is 6.92 Å². The number of nitrogens with zero attached hydrogens (tertiary/aromatic N) is 1. The molecular formula is C16H26N2O. The van der Waals surface area contributed by atoms with Crippen LogP contribution in [0.4, 0.5) is 5.69 Å². The molecule has 1 aliphatic heterocycles. The SMILES string of the molecule is CCCCCOc1ccc(N2CCNCC2)cc1C. The number of benzene rings is 1. The monoisotopic (exact) mass is 262 g/mol. The standard InChI is InChI=1S/C16H26N2O/c1-3-4-5-12-19-16-7-6-15(13-14(16)2)18-10-8-17-9-11-18/h6-7,13,17H,3-5,8-12H2,1-2H3. The summed E-state index contributed by atoms with van der Waals surface area (Å²) in [4.78, 5) is 2.43. The maximum absolute atomic E-state index is 5.85. The van der Waals surface area contributed by atoms with E-state index in [1.165, 1.54) is 24.1 Å².